The van der Waals surface area contributed by atoms with Crippen LogP contribution in [0.15, 0.2) is 96.5 Å². The molecule has 1 aromatic heterocycles. The maximum Gasteiger partial charge on any atom is 0.183 e. The van der Waals surface area contributed by atoms with Gasteiger partial charge in [0.1, 0.15) is 11.3 Å². The van der Waals surface area contributed by atoms with Crippen LogP contribution in [0.5, 0.6) is 5.75 Å². The Kier molecular flexibility index (Phi) is 4.90. The Labute approximate surface area is 163 Å². The summed E-state index contributed by atoms with van der Waals surface area (Å²) in [5.74, 6) is 0.828. The summed E-state index contributed by atoms with van der Waals surface area (Å²) in [4.78, 5) is 4.50. The van der Waals surface area contributed by atoms with Crippen molar-refractivity contribution in [1.29, 1.82) is 0 Å². The molecule has 4 rings (SSSR count). The molecular weight excluding hydrogens is 352 g/mol. The van der Waals surface area contributed by atoms with Gasteiger partial charge in [-0.1, -0.05) is 78.9 Å². The van der Waals surface area contributed by atoms with E-state index in [0.717, 1.165) is 27.6 Å². The molecule has 0 spiro atoms. The van der Waals surface area contributed by atoms with Crippen LogP contribution in [-0.4, -0.2) is 12.1 Å². The average molecular weight is 372 g/mol. The number of aromatic nitrogens is 1. The lowest BCUT2D eigenvalue weighted by molar-refractivity contribution is 0.404. The van der Waals surface area contributed by atoms with Gasteiger partial charge in [0.25, 0.3) is 0 Å². The standard InChI is InChI=1S/C23H20N2OS/c1-26-21-15-9-8-14-20(21)23(18-10-4-2-5-11-18,19-12-6-3-7-13-19)25-22-24-16-17-27-22/h2-17H,1H3,(H,24,25). The molecule has 3 aromatic carbocycles. The lowest BCUT2D eigenvalue weighted by atomic mass is 9.76. The fourth-order valence-corrected chi connectivity index (χ4v) is 4.05. The van der Waals surface area contributed by atoms with Crippen LogP contribution in [0.25, 0.3) is 0 Å². The van der Waals surface area contributed by atoms with Crippen LogP contribution < -0.4 is 10.1 Å². The Balaban J connectivity index is 2.05. The SMILES string of the molecule is COc1ccccc1C(Nc1nccs1)(c1ccccc1)c1ccccc1. The van der Waals surface area contributed by atoms with Crippen LogP contribution in [0.3, 0.4) is 0 Å². The summed E-state index contributed by atoms with van der Waals surface area (Å²) >= 11 is 1.58. The van der Waals surface area contributed by atoms with Crippen LogP contribution in [0.1, 0.15) is 16.7 Å². The van der Waals surface area contributed by atoms with E-state index in [-0.39, 0.29) is 0 Å². The van der Waals surface area contributed by atoms with E-state index in [1.807, 2.05) is 41.9 Å². The molecule has 1 heterocycles. The molecule has 4 heteroatoms. The number of nitrogens with zero attached hydrogens (tertiary/aromatic N) is 1. The van der Waals surface area contributed by atoms with Gasteiger partial charge in [0.05, 0.1) is 7.11 Å². The number of hydrogen-bond donors (Lipinski definition) is 1. The van der Waals surface area contributed by atoms with Crippen LogP contribution >= 0.6 is 11.3 Å². The summed E-state index contributed by atoms with van der Waals surface area (Å²) < 4.78 is 5.76. The van der Waals surface area contributed by atoms with Crippen molar-refractivity contribution in [1.82, 2.24) is 4.98 Å². The van der Waals surface area contributed by atoms with Gasteiger partial charge in [-0.3, -0.25) is 0 Å². The fraction of sp³-hybridized carbons (Fsp3) is 0.0870. The first-order valence-electron chi connectivity index (χ1n) is 8.77. The maximum atomic E-state index is 5.76. The van der Waals surface area contributed by atoms with Crippen molar-refractivity contribution in [2.45, 2.75) is 5.54 Å². The summed E-state index contributed by atoms with van der Waals surface area (Å²) in [5.41, 5.74) is 2.65. The normalized spacial score (nSPS) is 11.1. The number of benzene rings is 3. The number of para-hydroxylation sites is 1. The number of nitrogens with one attached hydrogen (secondary N) is 1. The second-order valence-electron chi connectivity index (χ2n) is 6.14. The maximum absolute atomic E-state index is 5.76. The Bertz CT molecular complexity index is 946. The number of methoxy groups -OCH3 is 1. The molecule has 0 saturated carbocycles. The molecule has 134 valence electrons. The van der Waals surface area contributed by atoms with Gasteiger partial charge in [0, 0.05) is 17.1 Å². The predicted molar refractivity (Wildman–Crippen MR) is 111 cm³/mol. The third-order valence-electron chi connectivity index (χ3n) is 4.65. The van der Waals surface area contributed by atoms with Gasteiger partial charge in [-0.15, -0.1) is 11.3 Å². The lowest BCUT2D eigenvalue weighted by Crippen LogP contribution is -2.38. The molecular formula is C23H20N2OS. The van der Waals surface area contributed by atoms with Gasteiger partial charge in [-0.2, -0.15) is 0 Å². The van der Waals surface area contributed by atoms with Gasteiger partial charge in [-0.05, 0) is 17.2 Å². The number of thiazole rings is 1. The van der Waals surface area contributed by atoms with Crippen molar-refractivity contribution in [3.63, 3.8) is 0 Å². The molecule has 0 fully saturated rings. The molecule has 3 nitrogen and oxygen atoms in total. The Morgan fingerprint density at radius 3 is 1.96 bits per heavy atom. The number of ether oxygens (including phenoxy) is 1. The van der Waals surface area contributed by atoms with Crippen LogP contribution in [0.4, 0.5) is 5.13 Å². The second kappa shape index (κ2) is 7.64. The molecule has 0 aliphatic carbocycles. The molecule has 0 saturated heterocycles. The first-order chi connectivity index (χ1) is 13.3. The predicted octanol–water partition coefficient (Wildman–Crippen LogP) is 5.56. The van der Waals surface area contributed by atoms with Gasteiger partial charge in [-0.25, -0.2) is 4.98 Å². The summed E-state index contributed by atoms with van der Waals surface area (Å²) in [6, 6.07) is 29.0. The number of anilines is 1. The third-order valence-corrected chi connectivity index (χ3v) is 5.34. The van der Waals surface area contributed by atoms with Crippen molar-refractivity contribution in [3.8, 4) is 5.75 Å². The van der Waals surface area contributed by atoms with Gasteiger partial charge in [0.2, 0.25) is 0 Å². The zero-order valence-electron chi connectivity index (χ0n) is 15.0. The molecule has 0 unspecified atom stereocenters. The molecule has 4 aromatic rings. The molecule has 0 amide bonds. The third kappa shape index (κ3) is 3.20. The highest BCUT2D eigenvalue weighted by atomic mass is 32.1. The topological polar surface area (TPSA) is 34.1 Å². The average Bonchev–Trinajstić information content (AvgIpc) is 3.26. The highest BCUT2D eigenvalue weighted by Crippen LogP contribution is 2.43. The minimum Gasteiger partial charge on any atom is -0.496 e. The molecule has 27 heavy (non-hydrogen) atoms. The minimum atomic E-state index is -0.632. The highest BCUT2D eigenvalue weighted by molar-refractivity contribution is 7.13. The van der Waals surface area contributed by atoms with Crippen LogP contribution in [-0.2, 0) is 5.54 Å². The molecule has 0 radical (unpaired) electrons. The van der Waals surface area contributed by atoms with E-state index in [0.29, 0.717) is 0 Å². The summed E-state index contributed by atoms with van der Waals surface area (Å²) in [6.07, 6.45) is 1.82. The first-order valence-corrected chi connectivity index (χ1v) is 9.65. The lowest BCUT2D eigenvalue weighted by Gasteiger charge is -2.37. The summed E-state index contributed by atoms with van der Waals surface area (Å²) in [5, 5.41) is 6.56. The van der Waals surface area contributed by atoms with E-state index in [9.17, 15) is 0 Å². The van der Waals surface area contributed by atoms with Crippen molar-refractivity contribution in [2.24, 2.45) is 0 Å². The smallest absolute Gasteiger partial charge is 0.183 e. The molecule has 0 aliphatic rings. The first kappa shape index (κ1) is 17.3. The molecule has 0 aliphatic heterocycles. The minimum absolute atomic E-state index is 0.632. The van der Waals surface area contributed by atoms with Gasteiger partial charge in [0.15, 0.2) is 5.13 Å². The Morgan fingerprint density at radius 1 is 0.815 bits per heavy atom. The van der Waals surface area contributed by atoms with Crippen molar-refractivity contribution < 1.29 is 4.74 Å². The van der Waals surface area contributed by atoms with Gasteiger partial charge < -0.3 is 10.1 Å². The fourth-order valence-electron chi connectivity index (χ4n) is 3.47. The van der Waals surface area contributed by atoms with Crippen LogP contribution in [0, 0.1) is 0 Å². The monoisotopic (exact) mass is 372 g/mol. The van der Waals surface area contributed by atoms with Crippen molar-refractivity contribution in [2.75, 3.05) is 12.4 Å². The van der Waals surface area contributed by atoms with Gasteiger partial charge >= 0.3 is 0 Å². The van der Waals surface area contributed by atoms with E-state index >= 15 is 0 Å². The summed E-state index contributed by atoms with van der Waals surface area (Å²) in [6.45, 7) is 0. The number of rotatable bonds is 6. The van der Waals surface area contributed by atoms with E-state index in [1.54, 1.807) is 18.4 Å². The molecule has 1 N–H and O–H groups in total. The van der Waals surface area contributed by atoms with E-state index in [4.69, 9.17) is 4.74 Å². The molecule has 0 atom stereocenters. The van der Waals surface area contributed by atoms with Crippen molar-refractivity contribution in [3.05, 3.63) is 113 Å². The zero-order chi connectivity index (χ0) is 18.5. The molecule has 0 bridgehead atoms. The summed E-state index contributed by atoms with van der Waals surface area (Å²) in [7, 11) is 1.71. The largest absolute Gasteiger partial charge is 0.496 e. The van der Waals surface area contributed by atoms with Crippen LogP contribution in [0.2, 0.25) is 0 Å². The quantitative estimate of drug-likeness (QED) is 0.450. The van der Waals surface area contributed by atoms with E-state index in [1.165, 1.54) is 0 Å². The van der Waals surface area contributed by atoms with E-state index < -0.39 is 5.54 Å². The van der Waals surface area contributed by atoms with E-state index in [2.05, 4.69) is 64.9 Å². The highest BCUT2D eigenvalue weighted by Gasteiger charge is 2.39. The Hall–Kier alpha value is -3.11. The zero-order valence-corrected chi connectivity index (χ0v) is 15.8. The van der Waals surface area contributed by atoms with Crippen molar-refractivity contribution >= 4 is 16.5 Å². The Morgan fingerprint density at radius 2 is 1.41 bits per heavy atom. The second-order valence-corrected chi connectivity index (χ2v) is 7.04. The number of hydrogen-bond acceptors (Lipinski definition) is 4.